The molecular weight excluding hydrogens is 440 g/mol. The normalized spacial score (nSPS) is 14.5. The minimum Gasteiger partial charge on any atom is -0.481 e. The van der Waals surface area contributed by atoms with Crippen molar-refractivity contribution in [2.75, 3.05) is 0 Å². The number of carbonyl (C=O) groups is 4. The first kappa shape index (κ1) is 24.8. The molecule has 34 heavy (non-hydrogen) atoms. The predicted octanol–water partition coefficient (Wildman–Crippen LogP) is 2.84. The molecule has 1 unspecified atom stereocenters. The zero-order valence-corrected chi connectivity index (χ0v) is 19.1. The van der Waals surface area contributed by atoms with Crippen LogP contribution in [0.2, 0.25) is 0 Å². The fourth-order valence-electron chi connectivity index (χ4n) is 3.37. The van der Waals surface area contributed by atoms with Crippen LogP contribution < -0.4 is 10.6 Å². The number of amides is 2. The van der Waals surface area contributed by atoms with Crippen molar-refractivity contribution in [1.82, 2.24) is 10.6 Å². The van der Waals surface area contributed by atoms with Crippen LogP contribution in [0.3, 0.4) is 0 Å². The minimum atomic E-state index is -1.55. The van der Waals surface area contributed by atoms with Crippen molar-refractivity contribution in [2.45, 2.75) is 45.4 Å². The quantitative estimate of drug-likeness (QED) is 0.373. The molecule has 0 fully saturated rings. The third-order valence-electron chi connectivity index (χ3n) is 5.55. The van der Waals surface area contributed by atoms with Gasteiger partial charge in [-0.15, -0.1) is 0 Å². The number of carboxylic acid groups (broad SMARTS) is 2. The van der Waals surface area contributed by atoms with Crippen LogP contribution in [0.1, 0.15) is 31.4 Å². The number of ether oxygens (including phenoxy) is 1. The smallest absolute Gasteiger partial charge is 0.408 e. The van der Waals surface area contributed by atoms with E-state index in [1.165, 1.54) is 0 Å². The first-order valence-electron chi connectivity index (χ1n) is 11.4. The van der Waals surface area contributed by atoms with Gasteiger partial charge in [0, 0.05) is 0 Å². The van der Waals surface area contributed by atoms with Crippen LogP contribution in [0.4, 0.5) is 4.79 Å². The number of carboxylic acids is 2. The second-order valence-electron chi connectivity index (χ2n) is 8.01. The summed E-state index contributed by atoms with van der Waals surface area (Å²) in [6.45, 7) is 3.35. The van der Waals surface area contributed by atoms with Crippen LogP contribution in [0.5, 0.6) is 0 Å². The highest BCUT2D eigenvalue weighted by Crippen LogP contribution is 2.16. The van der Waals surface area contributed by atoms with Crippen LogP contribution in [-0.4, -0.2) is 46.2 Å². The van der Waals surface area contributed by atoms with Gasteiger partial charge in [-0.2, -0.15) is 0 Å². The van der Waals surface area contributed by atoms with Gasteiger partial charge in [0.25, 0.3) is 1.43 Å². The van der Waals surface area contributed by atoms with E-state index in [-0.39, 0.29) is 13.0 Å². The number of rotatable bonds is 12. The molecule has 2 aromatic rings. The molecule has 0 saturated carbocycles. The Bertz CT molecular complexity index is 988. The number of nitrogens with one attached hydrogen (secondary N) is 2. The second-order valence-corrected chi connectivity index (χ2v) is 8.01. The van der Waals surface area contributed by atoms with E-state index in [1.54, 1.807) is 74.5 Å². The zero-order valence-electron chi connectivity index (χ0n) is 20.1. The van der Waals surface area contributed by atoms with Crippen molar-refractivity contribution < 1.29 is 34.1 Å². The first-order valence-corrected chi connectivity index (χ1v) is 11.0. The molecule has 2 rings (SSSR count). The molecule has 0 aliphatic carbocycles. The average molecular weight is 472 g/mol. The maximum atomic E-state index is 13.2. The lowest BCUT2D eigenvalue weighted by molar-refractivity contribution is -0.147. The average Bonchev–Trinajstić information content (AvgIpc) is 2.88. The van der Waals surface area contributed by atoms with E-state index in [9.17, 15) is 24.3 Å². The number of hydrogen-bond donors (Lipinski definition) is 4. The summed E-state index contributed by atoms with van der Waals surface area (Å²) in [5, 5.41) is 18.5. The summed E-state index contributed by atoms with van der Waals surface area (Å²) in [5.41, 5.74) is 1.36. The summed E-state index contributed by atoms with van der Waals surface area (Å²) in [6, 6.07) is 14.7. The molecule has 4 N–H and O–H groups in total. The van der Waals surface area contributed by atoms with Crippen molar-refractivity contribution >= 4 is 23.9 Å². The van der Waals surface area contributed by atoms with Gasteiger partial charge in [-0.05, 0) is 23.5 Å². The number of benzene rings is 2. The number of alkyl carbamates (subject to hydrolysis) is 1. The largest absolute Gasteiger partial charge is 0.481 e. The molecule has 0 aliphatic rings. The van der Waals surface area contributed by atoms with Crippen molar-refractivity contribution in [3.63, 3.8) is 0 Å². The molecule has 0 heterocycles. The van der Waals surface area contributed by atoms with E-state index in [0.29, 0.717) is 17.5 Å². The Hall–Kier alpha value is -3.88. The van der Waals surface area contributed by atoms with Gasteiger partial charge in [-0.3, -0.25) is 9.59 Å². The van der Waals surface area contributed by atoms with Crippen LogP contribution in [0.15, 0.2) is 60.7 Å². The second kappa shape index (κ2) is 13.0. The molecule has 0 bridgehead atoms. The van der Waals surface area contributed by atoms with Crippen LogP contribution in [0.25, 0.3) is 1.43 Å². The van der Waals surface area contributed by atoms with Gasteiger partial charge < -0.3 is 25.6 Å². The molecule has 9 nitrogen and oxygen atoms in total. The van der Waals surface area contributed by atoms with Gasteiger partial charge in [0.15, 0.2) is 0 Å². The fourth-order valence-corrected chi connectivity index (χ4v) is 3.37. The van der Waals surface area contributed by atoms with Gasteiger partial charge in [0.05, 0.1) is 5.92 Å². The molecule has 2 aromatic carbocycles. The molecule has 0 spiro atoms. The van der Waals surface area contributed by atoms with Crippen molar-refractivity contribution in [1.29, 1.82) is 1.43 Å². The number of carbonyl (C=O) groups excluding carboxylic acids is 2. The molecule has 4 atom stereocenters. The maximum absolute atomic E-state index is 13.2. The summed E-state index contributed by atoms with van der Waals surface area (Å²) >= 11 is 0. The Morgan fingerprint density at radius 3 is 2.03 bits per heavy atom. The summed E-state index contributed by atoms with van der Waals surface area (Å²) in [7, 11) is 0. The molecule has 182 valence electrons. The van der Waals surface area contributed by atoms with E-state index in [4.69, 9.17) is 6.17 Å². The Kier molecular flexibility index (Phi) is 9.45. The third kappa shape index (κ3) is 7.91. The maximum Gasteiger partial charge on any atom is 0.408 e. The molecule has 2 amide bonds. The Labute approximate surface area is 199 Å². The standard InChI is InChI=1S/C25H30N2O7/c1-3-16(2)20(24(31)32)26-22(28)21(19(23(29)30)14-17-10-6-4-7-11-17)27-25(33)34-15-18-12-8-5-9-13-18/h4-13,16,19-21H,3,14-15H2,1-2H3,(H,26,28)(H,27,33)(H,29,30)(H,31,32)/t16-,19?,20-,21-/m0/s1/i/hD. The van der Waals surface area contributed by atoms with Crippen molar-refractivity contribution in [3.05, 3.63) is 71.8 Å². The lowest BCUT2D eigenvalue weighted by Gasteiger charge is -2.27. The summed E-state index contributed by atoms with van der Waals surface area (Å²) in [5.74, 6) is -4.95. The Morgan fingerprint density at radius 2 is 1.50 bits per heavy atom. The molecule has 0 saturated heterocycles. The van der Waals surface area contributed by atoms with Gasteiger partial charge in [0.1, 0.15) is 18.7 Å². The Morgan fingerprint density at radius 1 is 0.912 bits per heavy atom. The fraction of sp³-hybridized carbons (Fsp3) is 0.360. The van der Waals surface area contributed by atoms with Crippen molar-refractivity contribution in [3.8, 4) is 0 Å². The van der Waals surface area contributed by atoms with Crippen LogP contribution >= 0.6 is 0 Å². The summed E-state index contributed by atoms with van der Waals surface area (Å²) in [4.78, 5) is 50.1. The van der Waals surface area contributed by atoms with Gasteiger partial charge in [-0.25, -0.2) is 9.59 Å². The lowest BCUT2D eigenvalue weighted by Crippen LogP contribution is -2.57. The molecule has 0 aromatic heterocycles. The van der Waals surface area contributed by atoms with Crippen LogP contribution in [-0.2, 0) is 32.1 Å². The molecular formula is C25H30N2O7. The van der Waals surface area contributed by atoms with Crippen LogP contribution in [0, 0.1) is 11.8 Å². The summed E-state index contributed by atoms with van der Waals surface area (Å²) < 4.78 is 12.3. The number of aliphatic carboxylic acids is 2. The van der Waals surface area contributed by atoms with Gasteiger partial charge in [0.2, 0.25) is 5.91 Å². The zero-order chi connectivity index (χ0) is 25.8. The molecule has 0 radical (unpaired) electrons. The monoisotopic (exact) mass is 471 g/mol. The van der Waals surface area contributed by atoms with E-state index in [1.807, 2.05) is 0 Å². The third-order valence-corrected chi connectivity index (χ3v) is 5.55. The SMILES string of the molecule is [2H]OC(=O)C(Cc1ccccc1)[C@H](NC(=O)OCc1ccccc1)C(=O)N[C@H](C(=O)O)[C@@H](C)CC. The van der Waals surface area contributed by atoms with E-state index >= 15 is 0 Å². The number of hydrogen-bond acceptors (Lipinski definition) is 6. The lowest BCUT2D eigenvalue weighted by atomic mass is 9.90. The van der Waals surface area contributed by atoms with Crippen molar-refractivity contribution in [2.24, 2.45) is 11.8 Å². The predicted molar refractivity (Wildman–Crippen MR) is 124 cm³/mol. The van der Waals surface area contributed by atoms with E-state index in [2.05, 4.69) is 15.7 Å². The minimum absolute atomic E-state index is 0.0450. The highest BCUT2D eigenvalue weighted by molar-refractivity contribution is 5.93. The highest BCUT2D eigenvalue weighted by Gasteiger charge is 2.38. The summed E-state index contributed by atoms with van der Waals surface area (Å²) in [6.07, 6.45) is -0.562. The van der Waals surface area contributed by atoms with E-state index < -0.39 is 47.9 Å². The first-order chi connectivity index (χ1) is 16.8. The van der Waals surface area contributed by atoms with Gasteiger partial charge >= 0.3 is 18.0 Å². The topological polar surface area (TPSA) is 142 Å². The molecule has 9 heteroatoms. The highest BCUT2D eigenvalue weighted by atomic mass is 16.5. The Balaban J connectivity index is 2.30. The van der Waals surface area contributed by atoms with E-state index in [0.717, 1.165) is 0 Å². The van der Waals surface area contributed by atoms with Gasteiger partial charge in [-0.1, -0.05) is 80.9 Å². The molecule has 0 aliphatic heterocycles.